The molecule has 0 amide bonds. The van der Waals surface area contributed by atoms with Gasteiger partial charge in [-0.2, -0.15) is 11.8 Å². The van der Waals surface area contributed by atoms with Gasteiger partial charge in [0.25, 0.3) is 0 Å². The molecule has 0 spiro atoms. The Labute approximate surface area is 130 Å². The lowest BCUT2D eigenvalue weighted by Crippen LogP contribution is -2.57. The normalized spacial score (nSPS) is 41.1. The number of nitrogens with one attached hydrogen (secondary N) is 1. The van der Waals surface area contributed by atoms with Crippen molar-refractivity contribution in [2.45, 2.75) is 77.0 Å². The van der Waals surface area contributed by atoms with Crippen molar-refractivity contribution in [2.75, 3.05) is 12.3 Å². The highest BCUT2D eigenvalue weighted by Gasteiger charge is 2.53. The Bertz CT molecular complexity index is 309. The number of thioether (sulfide) groups is 1. The zero-order valence-corrected chi connectivity index (χ0v) is 14.7. The molecule has 0 radical (unpaired) electrons. The number of rotatable bonds is 5. The molecular weight excluding hydrogens is 262 g/mol. The van der Waals surface area contributed by atoms with Gasteiger partial charge in [0, 0.05) is 16.5 Å². The fourth-order valence-electron chi connectivity index (χ4n) is 5.64. The molecule has 0 heterocycles. The molecule has 20 heavy (non-hydrogen) atoms. The van der Waals surface area contributed by atoms with Gasteiger partial charge < -0.3 is 5.32 Å². The van der Waals surface area contributed by atoms with Crippen LogP contribution in [0.5, 0.6) is 0 Å². The molecule has 1 N–H and O–H groups in total. The van der Waals surface area contributed by atoms with Crippen LogP contribution in [0.3, 0.4) is 0 Å². The lowest BCUT2D eigenvalue weighted by atomic mass is 9.48. The van der Waals surface area contributed by atoms with E-state index < -0.39 is 0 Å². The van der Waals surface area contributed by atoms with Gasteiger partial charge in [-0.1, -0.05) is 27.7 Å². The van der Waals surface area contributed by atoms with Gasteiger partial charge in [-0.15, -0.1) is 0 Å². The Morgan fingerprint density at radius 1 is 1.05 bits per heavy atom. The van der Waals surface area contributed by atoms with E-state index in [1.54, 1.807) is 19.3 Å². The minimum absolute atomic E-state index is 0.399. The second-order valence-electron chi connectivity index (χ2n) is 8.81. The van der Waals surface area contributed by atoms with Crippen LogP contribution in [0, 0.1) is 23.2 Å². The van der Waals surface area contributed by atoms with E-state index in [9.17, 15) is 0 Å². The summed E-state index contributed by atoms with van der Waals surface area (Å²) in [7, 11) is 0. The van der Waals surface area contributed by atoms with E-state index in [0.717, 1.165) is 30.3 Å². The molecule has 0 aliphatic heterocycles. The quantitative estimate of drug-likeness (QED) is 0.788. The predicted octanol–water partition coefficient (Wildman–Crippen LogP) is 4.71. The van der Waals surface area contributed by atoms with Gasteiger partial charge in [0.15, 0.2) is 0 Å². The Balaban J connectivity index is 1.73. The van der Waals surface area contributed by atoms with Crippen LogP contribution in [0.2, 0.25) is 0 Å². The summed E-state index contributed by atoms with van der Waals surface area (Å²) in [4.78, 5) is 0. The molecular formula is C18H33NS. The zero-order valence-electron chi connectivity index (χ0n) is 13.9. The van der Waals surface area contributed by atoms with Crippen molar-refractivity contribution in [3.05, 3.63) is 0 Å². The zero-order chi connectivity index (χ0) is 14.4. The van der Waals surface area contributed by atoms with Crippen molar-refractivity contribution in [2.24, 2.45) is 23.2 Å². The summed E-state index contributed by atoms with van der Waals surface area (Å²) in [6.07, 6.45) is 9.27. The maximum Gasteiger partial charge on any atom is 0.0214 e. The van der Waals surface area contributed by atoms with Crippen molar-refractivity contribution in [3.8, 4) is 0 Å². The lowest BCUT2D eigenvalue weighted by Gasteiger charge is -2.59. The van der Waals surface area contributed by atoms with Crippen molar-refractivity contribution < 1.29 is 0 Å². The molecule has 4 saturated carbocycles. The summed E-state index contributed by atoms with van der Waals surface area (Å²) in [6.45, 7) is 10.5. The van der Waals surface area contributed by atoms with Crippen LogP contribution in [0.15, 0.2) is 0 Å². The lowest BCUT2D eigenvalue weighted by molar-refractivity contribution is -0.0691. The Kier molecular flexibility index (Phi) is 4.18. The number of hydrogen-bond acceptors (Lipinski definition) is 2. The van der Waals surface area contributed by atoms with E-state index in [1.807, 2.05) is 0 Å². The van der Waals surface area contributed by atoms with Crippen molar-refractivity contribution >= 4 is 11.8 Å². The monoisotopic (exact) mass is 295 g/mol. The van der Waals surface area contributed by atoms with Gasteiger partial charge in [-0.05, 0) is 68.2 Å². The minimum atomic E-state index is 0.399. The van der Waals surface area contributed by atoms with Crippen LogP contribution < -0.4 is 5.32 Å². The first kappa shape index (κ1) is 15.2. The van der Waals surface area contributed by atoms with Crippen molar-refractivity contribution in [3.63, 3.8) is 0 Å². The van der Waals surface area contributed by atoms with Gasteiger partial charge in [-0.3, -0.25) is 0 Å². The Morgan fingerprint density at radius 3 is 1.95 bits per heavy atom. The highest BCUT2D eigenvalue weighted by molar-refractivity contribution is 8.00. The third-order valence-corrected chi connectivity index (χ3v) is 7.32. The fourth-order valence-corrected chi connectivity index (χ4v) is 6.77. The third kappa shape index (κ3) is 3.06. The predicted molar refractivity (Wildman–Crippen MR) is 90.3 cm³/mol. The van der Waals surface area contributed by atoms with Crippen molar-refractivity contribution in [1.29, 1.82) is 0 Å². The summed E-state index contributed by atoms with van der Waals surface area (Å²) in [5.74, 6) is 4.52. The van der Waals surface area contributed by atoms with Gasteiger partial charge in [0.05, 0.1) is 0 Å². The standard InChI is InChI=1S/C18H33NS/c1-5-19-16(12-20-17(2,3)4)18-9-13-6-14(10-18)8-15(7-13)11-18/h13-16,19H,5-12H2,1-4H3. The summed E-state index contributed by atoms with van der Waals surface area (Å²) in [6, 6.07) is 0.755. The summed E-state index contributed by atoms with van der Waals surface area (Å²) >= 11 is 2.17. The average Bonchev–Trinajstić information content (AvgIpc) is 2.31. The largest absolute Gasteiger partial charge is 0.313 e. The topological polar surface area (TPSA) is 12.0 Å². The summed E-state index contributed by atoms with van der Waals surface area (Å²) < 4.78 is 0.399. The van der Waals surface area contributed by atoms with E-state index in [2.05, 4.69) is 44.8 Å². The smallest absolute Gasteiger partial charge is 0.0214 e. The highest BCUT2D eigenvalue weighted by atomic mass is 32.2. The molecule has 4 aliphatic rings. The van der Waals surface area contributed by atoms with Crippen LogP contribution in [0.1, 0.15) is 66.2 Å². The molecule has 4 fully saturated rings. The Morgan fingerprint density at radius 2 is 1.55 bits per heavy atom. The van der Waals surface area contributed by atoms with E-state index in [-0.39, 0.29) is 0 Å². The summed E-state index contributed by atoms with van der Waals surface area (Å²) in [5.41, 5.74) is 0.656. The maximum absolute atomic E-state index is 3.89. The molecule has 1 unspecified atom stereocenters. The summed E-state index contributed by atoms with van der Waals surface area (Å²) in [5, 5.41) is 3.89. The molecule has 4 rings (SSSR count). The van der Waals surface area contributed by atoms with Crippen molar-refractivity contribution in [1.82, 2.24) is 5.32 Å². The SMILES string of the molecule is CCNC(CSC(C)(C)C)C12CC3CC(CC(C3)C1)C2. The van der Waals surface area contributed by atoms with Gasteiger partial charge in [0.2, 0.25) is 0 Å². The molecule has 0 saturated heterocycles. The highest BCUT2D eigenvalue weighted by Crippen LogP contribution is 2.61. The average molecular weight is 296 g/mol. The first-order chi connectivity index (χ1) is 9.40. The Hall–Kier alpha value is 0.310. The van der Waals surface area contributed by atoms with Gasteiger partial charge in [0.1, 0.15) is 0 Å². The first-order valence-corrected chi connectivity index (χ1v) is 9.76. The van der Waals surface area contributed by atoms with Crippen LogP contribution in [0.25, 0.3) is 0 Å². The molecule has 0 aromatic carbocycles. The molecule has 4 aliphatic carbocycles. The minimum Gasteiger partial charge on any atom is -0.313 e. The molecule has 4 bridgehead atoms. The first-order valence-electron chi connectivity index (χ1n) is 8.77. The molecule has 2 heteroatoms. The number of hydrogen-bond donors (Lipinski definition) is 1. The third-order valence-electron chi connectivity index (χ3n) is 5.96. The van der Waals surface area contributed by atoms with Crippen LogP contribution in [-0.4, -0.2) is 23.1 Å². The van der Waals surface area contributed by atoms with E-state index >= 15 is 0 Å². The molecule has 1 nitrogen and oxygen atoms in total. The van der Waals surface area contributed by atoms with Gasteiger partial charge >= 0.3 is 0 Å². The maximum atomic E-state index is 3.89. The molecule has 1 atom stereocenters. The van der Waals surface area contributed by atoms with Crippen LogP contribution >= 0.6 is 11.8 Å². The van der Waals surface area contributed by atoms with Gasteiger partial charge in [-0.25, -0.2) is 0 Å². The second kappa shape index (κ2) is 5.50. The van der Waals surface area contributed by atoms with E-state index in [0.29, 0.717) is 10.2 Å². The second-order valence-corrected chi connectivity index (χ2v) is 10.7. The van der Waals surface area contributed by atoms with Crippen LogP contribution in [-0.2, 0) is 0 Å². The van der Waals surface area contributed by atoms with Crippen LogP contribution in [0.4, 0.5) is 0 Å². The molecule has 0 aromatic heterocycles. The molecule has 0 aromatic rings. The molecule has 116 valence electrons. The fraction of sp³-hybridized carbons (Fsp3) is 1.00. The van der Waals surface area contributed by atoms with E-state index in [4.69, 9.17) is 0 Å². The van der Waals surface area contributed by atoms with E-state index in [1.165, 1.54) is 25.0 Å².